The van der Waals surface area contributed by atoms with Crippen LogP contribution in [0.3, 0.4) is 0 Å². The molecular weight excluding hydrogens is 217 g/mol. The van der Waals surface area contributed by atoms with Crippen molar-refractivity contribution in [2.75, 3.05) is 13.1 Å². The van der Waals surface area contributed by atoms with Crippen LogP contribution in [0.2, 0.25) is 0 Å². The molecule has 2 atom stereocenters. The van der Waals surface area contributed by atoms with E-state index in [1.165, 1.54) is 0 Å². The van der Waals surface area contributed by atoms with E-state index in [0.29, 0.717) is 19.1 Å². The average molecular weight is 238 g/mol. The molecule has 1 aliphatic rings. The van der Waals surface area contributed by atoms with Gasteiger partial charge in [0.1, 0.15) is 6.04 Å². The van der Waals surface area contributed by atoms with Crippen LogP contribution in [0.1, 0.15) is 33.6 Å². The highest BCUT2D eigenvalue weighted by Gasteiger charge is 2.44. The number of alkyl halides is 3. The van der Waals surface area contributed by atoms with Crippen LogP contribution in [0.4, 0.5) is 13.2 Å². The molecule has 1 aliphatic heterocycles. The highest BCUT2D eigenvalue weighted by atomic mass is 19.4. The number of likely N-dealkylation sites (tertiary alicyclic amines) is 1. The minimum Gasteiger partial charge on any atom is -0.310 e. The maximum Gasteiger partial charge on any atom is 0.404 e. The lowest BCUT2D eigenvalue weighted by atomic mass is 10.2. The summed E-state index contributed by atoms with van der Waals surface area (Å²) in [5.74, 6) is 0. The van der Waals surface area contributed by atoms with Crippen molar-refractivity contribution in [2.24, 2.45) is 0 Å². The van der Waals surface area contributed by atoms with Gasteiger partial charge in [0.15, 0.2) is 0 Å². The molecule has 1 heterocycles. The van der Waals surface area contributed by atoms with Crippen LogP contribution in [0.5, 0.6) is 0 Å². The normalized spacial score (nSPS) is 25.3. The highest BCUT2D eigenvalue weighted by molar-refractivity contribution is 4.88. The molecule has 2 nitrogen and oxygen atoms in total. The Morgan fingerprint density at radius 2 is 2.00 bits per heavy atom. The summed E-state index contributed by atoms with van der Waals surface area (Å²) in [6, 6.07) is -0.737. The van der Waals surface area contributed by atoms with Crippen LogP contribution in [-0.4, -0.2) is 42.3 Å². The van der Waals surface area contributed by atoms with Crippen molar-refractivity contribution in [2.45, 2.75) is 57.9 Å². The maximum atomic E-state index is 12.7. The lowest BCUT2D eigenvalue weighted by molar-refractivity contribution is -0.181. The molecule has 0 aromatic heterocycles. The van der Waals surface area contributed by atoms with Gasteiger partial charge in [-0.15, -0.1) is 0 Å². The van der Waals surface area contributed by atoms with Gasteiger partial charge in [0.25, 0.3) is 0 Å². The molecular formula is C11H21F3N2. The van der Waals surface area contributed by atoms with Gasteiger partial charge in [-0.25, -0.2) is 0 Å². The lowest BCUT2D eigenvalue weighted by Gasteiger charge is -2.29. The van der Waals surface area contributed by atoms with Gasteiger partial charge in [-0.3, -0.25) is 4.90 Å². The molecule has 0 bridgehead atoms. The van der Waals surface area contributed by atoms with Crippen molar-refractivity contribution >= 4 is 0 Å². The summed E-state index contributed by atoms with van der Waals surface area (Å²) in [6.45, 7) is 6.69. The van der Waals surface area contributed by atoms with E-state index in [4.69, 9.17) is 0 Å². The van der Waals surface area contributed by atoms with E-state index < -0.39 is 12.2 Å². The first-order valence-corrected chi connectivity index (χ1v) is 5.91. The summed E-state index contributed by atoms with van der Waals surface area (Å²) in [6.07, 6.45) is -3.15. The second-order valence-electron chi connectivity index (χ2n) is 4.77. The largest absolute Gasteiger partial charge is 0.404 e. The van der Waals surface area contributed by atoms with Crippen LogP contribution in [0.25, 0.3) is 0 Å². The first-order chi connectivity index (χ1) is 7.34. The van der Waals surface area contributed by atoms with Crippen molar-refractivity contribution < 1.29 is 13.2 Å². The first kappa shape index (κ1) is 13.8. The molecule has 0 aromatic carbocycles. The van der Waals surface area contributed by atoms with E-state index in [2.05, 4.69) is 5.32 Å². The van der Waals surface area contributed by atoms with Crippen molar-refractivity contribution in [1.29, 1.82) is 0 Å². The second kappa shape index (κ2) is 5.36. The minimum absolute atomic E-state index is 0.137. The standard InChI is InChI=1S/C11H21F3N2/c1-4-10(11(12,13)14)16-6-5-9(7-16)15-8(2)3/h8-10,15H,4-7H2,1-3H3. The number of rotatable bonds is 4. The molecule has 16 heavy (non-hydrogen) atoms. The predicted octanol–water partition coefficient (Wildman–Crippen LogP) is 2.40. The van der Waals surface area contributed by atoms with Crippen LogP contribution in [0.15, 0.2) is 0 Å². The average Bonchev–Trinajstić information content (AvgIpc) is 2.50. The third-order valence-corrected chi connectivity index (χ3v) is 2.99. The van der Waals surface area contributed by atoms with Gasteiger partial charge >= 0.3 is 6.18 Å². The van der Waals surface area contributed by atoms with Crippen LogP contribution in [-0.2, 0) is 0 Å². The quantitative estimate of drug-likeness (QED) is 0.809. The van der Waals surface area contributed by atoms with E-state index in [0.717, 1.165) is 6.42 Å². The lowest BCUT2D eigenvalue weighted by Crippen LogP contribution is -2.46. The molecule has 96 valence electrons. The van der Waals surface area contributed by atoms with Crippen molar-refractivity contribution in [3.8, 4) is 0 Å². The predicted molar refractivity (Wildman–Crippen MR) is 58.4 cm³/mol. The Balaban J connectivity index is 2.51. The van der Waals surface area contributed by atoms with Gasteiger partial charge in [-0.1, -0.05) is 20.8 Å². The zero-order valence-corrected chi connectivity index (χ0v) is 10.1. The fourth-order valence-electron chi connectivity index (χ4n) is 2.37. The Hall–Kier alpha value is -0.290. The molecule has 0 saturated carbocycles. The van der Waals surface area contributed by atoms with Crippen LogP contribution >= 0.6 is 0 Å². The smallest absolute Gasteiger partial charge is 0.310 e. The molecule has 0 aliphatic carbocycles. The molecule has 0 aromatic rings. The van der Waals surface area contributed by atoms with E-state index in [1.54, 1.807) is 11.8 Å². The minimum atomic E-state index is -4.10. The number of hydrogen-bond acceptors (Lipinski definition) is 2. The fraction of sp³-hybridized carbons (Fsp3) is 1.00. The Morgan fingerprint density at radius 3 is 2.44 bits per heavy atom. The van der Waals surface area contributed by atoms with Gasteiger partial charge < -0.3 is 5.32 Å². The summed E-state index contributed by atoms with van der Waals surface area (Å²) < 4.78 is 38.1. The zero-order valence-electron chi connectivity index (χ0n) is 10.1. The van der Waals surface area contributed by atoms with Gasteiger partial charge in [0.05, 0.1) is 0 Å². The van der Waals surface area contributed by atoms with E-state index in [-0.39, 0.29) is 12.5 Å². The Morgan fingerprint density at radius 1 is 1.38 bits per heavy atom. The third-order valence-electron chi connectivity index (χ3n) is 2.99. The molecule has 0 radical (unpaired) electrons. The Kier molecular flexibility index (Phi) is 4.62. The van der Waals surface area contributed by atoms with Crippen molar-refractivity contribution in [1.82, 2.24) is 10.2 Å². The molecule has 0 spiro atoms. The molecule has 1 rings (SSSR count). The summed E-state index contributed by atoms with van der Waals surface area (Å²) in [7, 11) is 0. The Bertz CT molecular complexity index is 216. The van der Waals surface area contributed by atoms with Crippen LogP contribution in [0, 0.1) is 0 Å². The number of halogens is 3. The summed E-state index contributed by atoms with van der Waals surface area (Å²) in [4.78, 5) is 1.56. The molecule has 1 N–H and O–H groups in total. The molecule has 5 heteroatoms. The summed E-state index contributed by atoms with van der Waals surface area (Å²) >= 11 is 0. The Labute approximate surface area is 95.2 Å². The number of hydrogen-bond donors (Lipinski definition) is 1. The fourth-order valence-corrected chi connectivity index (χ4v) is 2.37. The third kappa shape index (κ3) is 3.63. The van der Waals surface area contributed by atoms with Gasteiger partial charge in [-0.05, 0) is 12.8 Å². The van der Waals surface area contributed by atoms with Crippen molar-refractivity contribution in [3.63, 3.8) is 0 Å². The number of nitrogens with one attached hydrogen (secondary N) is 1. The van der Waals surface area contributed by atoms with Gasteiger partial charge in [-0.2, -0.15) is 13.2 Å². The van der Waals surface area contributed by atoms with Gasteiger partial charge in [0, 0.05) is 25.2 Å². The molecule has 1 saturated heterocycles. The molecule has 1 fully saturated rings. The summed E-state index contributed by atoms with van der Waals surface area (Å²) in [5.41, 5.74) is 0. The van der Waals surface area contributed by atoms with Gasteiger partial charge in [0.2, 0.25) is 0 Å². The number of nitrogens with zero attached hydrogens (tertiary/aromatic N) is 1. The zero-order chi connectivity index (χ0) is 12.3. The monoisotopic (exact) mass is 238 g/mol. The topological polar surface area (TPSA) is 15.3 Å². The second-order valence-corrected chi connectivity index (χ2v) is 4.77. The van der Waals surface area contributed by atoms with Crippen molar-refractivity contribution in [3.05, 3.63) is 0 Å². The highest BCUT2D eigenvalue weighted by Crippen LogP contribution is 2.29. The maximum absolute atomic E-state index is 12.7. The SMILES string of the molecule is CCC(N1CCC(NC(C)C)C1)C(F)(F)F. The van der Waals surface area contributed by atoms with E-state index in [1.807, 2.05) is 13.8 Å². The molecule has 0 amide bonds. The van der Waals surface area contributed by atoms with E-state index in [9.17, 15) is 13.2 Å². The molecule has 2 unspecified atom stereocenters. The van der Waals surface area contributed by atoms with E-state index >= 15 is 0 Å². The van der Waals surface area contributed by atoms with Crippen LogP contribution < -0.4 is 5.32 Å². The summed E-state index contributed by atoms with van der Waals surface area (Å²) in [5, 5.41) is 3.29. The first-order valence-electron chi connectivity index (χ1n) is 5.91.